The van der Waals surface area contributed by atoms with Gasteiger partial charge in [0.15, 0.2) is 5.82 Å². The van der Waals surface area contributed by atoms with E-state index in [-0.39, 0.29) is 17.9 Å². The molecule has 0 spiro atoms. The van der Waals surface area contributed by atoms with Crippen LogP contribution in [0.15, 0.2) is 4.52 Å². The Labute approximate surface area is 125 Å². The highest BCUT2D eigenvalue weighted by molar-refractivity contribution is 5.72. The van der Waals surface area contributed by atoms with E-state index >= 15 is 0 Å². The van der Waals surface area contributed by atoms with Crippen molar-refractivity contribution in [2.75, 3.05) is 7.11 Å². The number of nitrogens with zero attached hydrogens (tertiary/aromatic N) is 2. The van der Waals surface area contributed by atoms with Crippen molar-refractivity contribution in [1.29, 1.82) is 0 Å². The van der Waals surface area contributed by atoms with E-state index in [0.29, 0.717) is 23.7 Å². The zero-order valence-electron chi connectivity index (χ0n) is 13.3. The Kier molecular flexibility index (Phi) is 5.33. The Morgan fingerprint density at radius 2 is 2.00 bits per heavy atom. The third-order valence-corrected chi connectivity index (χ3v) is 4.15. The number of carbonyl (C=O) groups is 1. The van der Waals surface area contributed by atoms with Gasteiger partial charge < -0.3 is 14.6 Å². The molecular weight excluding hydrogens is 270 g/mol. The molecule has 1 fully saturated rings. The number of ether oxygens (including phenoxy) is 1. The van der Waals surface area contributed by atoms with Gasteiger partial charge in [0.1, 0.15) is 0 Å². The lowest BCUT2D eigenvalue weighted by Gasteiger charge is -2.31. The quantitative estimate of drug-likeness (QED) is 0.840. The summed E-state index contributed by atoms with van der Waals surface area (Å²) >= 11 is 0. The van der Waals surface area contributed by atoms with Crippen molar-refractivity contribution < 1.29 is 14.1 Å². The molecule has 1 saturated carbocycles. The summed E-state index contributed by atoms with van der Waals surface area (Å²) in [7, 11) is 1.46. The number of rotatable bonds is 5. The Morgan fingerprint density at radius 3 is 2.48 bits per heavy atom. The van der Waals surface area contributed by atoms with Crippen LogP contribution < -0.4 is 5.32 Å². The predicted octanol–water partition coefficient (Wildman–Crippen LogP) is 2.40. The topological polar surface area (TPSA) is 77.2 Å². The van der Waals surface area contributed by atoms with Crippen molar-refractivity contribution in [3.05, 3.63) is 11.7 Å². The van der Waals surface area contributed by atoms with Gasteiger partial charge in [0.25, 0.3) is 0 Å². The first-order valence-electron chi connectivity index (χ1n) is 7.65. The minimum Gasteiger partial charge on any atom is -0.469 e. The van der Waals surface area contributed by atoms with Crippen LogP contribution in [0.2, 0.25) is 0 Å². The van der Waals surface area contributed by atoms with Gasteiger partial charge in [-0.3, -0.25) is 4.79 Å². The van der Waals surface area contributed by atoms with Crippen LogP contribution in [0.4, 0.5) is 0 Å². The van der Waals surface area contributed by atoms with E-state index in [0.717, 1.165) is 25.7 Å². The van der Waals surface area contributed by atoms with Crippen LogP contribution in [0.25, 0.3) is 0 Å². The molecule has 0 saturated heterocycles. The molecule has 0 aromatic carbocycles. The highest BCUT2D eigenvalue weighted by Gasteiger charge is 2.30. The first kappa shape index (κ1) is 15.9. The lowest BCUT2D eigenvalue weighted by molar-refractivity contribution is -0.146. The van der Waals surface area contributed by atoms with Crippen molar-refractivity contribution in [2.45, 2.75) is 58.5 Å². The van der Waals surface area contributed by atoms with E-state index in [2.05, 4.69) is 29.3 Å². The number of carbonyl (C=O) groups excluding carboxylic acids is 1. The van der Waals surface area contributed by atoms with E-state index in [9.17, 15) is 4.79 Å². The summed E-state index contributed by atoms with van der Waals surface area (Å²) in [6.45, 7) is 6.10. The molecule has 1 atom stereocenters. The number of hydrogen-bond acceptors (Lipinski definition) is 6. The lowest BCUT2D eigenvalue weighted by Crippen LogP contribution is -2.39. The van der Waals surface area contributed by atoms with Gasteiger partial charge in [-0.2, -0.15) is 4.98 Å². The summed E-state index contributed by atoms with van der Waals surface area (Å²) in [4.78, 5) is 15.9. The molecule has 0 radical (unpaired) electrons. The largest absolute Gasteiger partial charge is 0.469 e. The standard InChI is InChI=1S/C15H25N3O3/c1-9(2)13(14-16-10(3)18-21-14)17-12-7-5-11(6-8-12)15(19)20-4/h9,11-13,17H,5-8H2,1-4H3/t11?,12?,13-/m1/s1. The normalized spacial score (nSPS) is 24.0. The molecule has 21 heavy (non-hydrogen) atoms. The number of esters is 1. The molecule has 1 N–H and O–H groups in total. The van der Waals surface area contributed by atoms with E-state index < -0.39 is 0 Å². The van der Waals surface area contributed by atoms with Gasteiger partial charge in [-0.25, -0.2) is 0 Å². The lowest BCUT2D eigenvalue weighted by atomic mass is 9.85. The molecule has 0 unspecified atom stereocenters. The minimum atomic E-state index is -0.0821. The maximum Gasteiger partial charge on any atom is 0.308 e. The summed E-state index contributed by atoms with van der Waals surface area (Å²) in [6, 6.07) is 0.441. The molecular formula is C15H25N3O3. The molecule has 2 rings (SSSR count). The van der Waals surface area contributed by atoms with Crippen LogP contribution in [-0.2, 0) is 9.53 Å². The Hall–Kier alpha value is -1.43. The average Bonchev–Trinajstić information content (AvgIpc) is 2.90. The number of aromatic nitrogens is 2. The first-order chi connectivity index (χ1) is 10.0. The van der Waals surface area contributed by atoms with Crippen molar-refractivity contribution in [2.24, 2.45) is 11.8 Å². The van der Waals surface area contributed by atoms with Gasteiger partial charge >= 0.3 is 5.97 Å². The Bertz CT molecular complexity index is 464. The molecule has 118 valence electrons. The van der Waals surface area contributed by atoms with E-state index in [1.54, 1.807) is 0 Å². The fraction of sp³-hybridized carbons (Fsp3) is 0.800. The molecule has 1 aliphatic rings. The molecule has 0 bridgehead atoms. The minimum absolute atomic E-state index is 0.0520. The second kappa shape index (κ2) is 7.02. The molecule has 0 amide bonds. The second-order valence-corrected chi connectivity index (χ2v) is 6.14. The summed E-state index contributed by atoms with van der Waals surface area (Å²) in [5.74, 6) is 1.64. The fourth-order valence-electron chi connectivity index (χ4n) is 2.90. The number of methoxy groups -OCH3 is 1. The molecule has 1 aliphatic carbocycles. The van der Waals surface area contributed by atoms with Gasteiger partial charge in [0.2, 0.25) is 5.89 Å². The number of aryl methyl sites for hydroxylation is 1. The maximum atomic E-state index is 11.6. The van der Waals surface area contributed by atoms with E-state index in [4.69, 9.17) is 9.26 Å². The monoisotopic (exact) mass is 295 g/mol. The number of hydrogen-bond donors (Lipinski definition) is 1. The van der Waals surface area contributed by atoms with Crippen LogP contribution >= 0.6 is 0 Å². The zero-order chi connectivity index (χ0) is 15.4. The molecule has 1 aromatic rings. The van der Waals surface area contributed by atoms with E-state index in [1.165, 1.54) is 7.11 Å². The van der Waals surface area contributed by atoms with Gasteiger partial charge in [0, 0.05) is 6.04 Å². The third-order valence-electron chi connectivity index (χ3n) is 4.15. The smallest absolute Gasteiger partial charge is 0.308 e. The third kappa shape index (κ3) is 4.03. The number of nitrogens with one attached hydrogen (secondary N) is 1. The Morgan fingerprint density at radius 1 is 1.33 bits per heavy atom. The fourth-order valence-corrected chi connectivity index (χ4v) is 2.90. The Balaban J connectivity index is 1.92. The average molecular weight is 295 g/mol. The van der Waals surface area contributed by atoms with Crippen molar-refractivity contribution in [3.63, 3.8) is 0 Å². The first-order valence-corrected chi connectivity index (χ1v) is 7.65. The summed E-state index contributed by atoms with van der Waals surface area (Å²) < 4.78 is 10.1. The van der Waals surface area contributed by atoms with Crippen LogP contribution in [0.1, 0.15) is 57.3 Å². The molecule has 6 nitrogen and oxygen atoms in total. The van der Waals surface area contributed by atoms with Crippen LogP contribution in [0.3, 0.4) is 0 Å². The molecule has 1 aromatic heterocycles. The molecule has 1 heterocycles. The predicted molar refractivity (Wildman–Crippen MR) is 77.5 cm³/mol. The maximum absolute atomic E-state index is 11.6. The van der Waals surface area contributed by atoms with Crippen molar-refractivity contribution >= 4 is 5.97 Å². The molecule has 0 aliphatic heterocycles. The van der Waals surface area contributed by atoms with Gasteiger partial charge in [0.05, 0.1) is 19.1 Å². The molecule has 6 heteroatoms. The zero-order valence-corrected chi connectivity index (χ0v) is 13.3. The summed E-state index contributed by atoms with van der Waals surface area (Å²) in [5.41, 5.74) is 0. The highest BCUT2D eigenvalue weighted by Crippen LogP contribution is 2.28. The van der Waals surface area contributed by atoms with Crippen LogP contribution in [0, 0.1) is 18.8 Å². The highest BCUT2D eigenvalue weighted by atomic mass is 16.5. The van der Waals surface area contributed by atoms with Gasteiger partial charge in [-0.1, -0.05) is 19.0 Å². The van der Waals surface area contributed by atoms with Crippen LogP contribution in [-0.4, -0.2) is 29.3 Å². The SMILES string of the molecule is COC(=O)C1CCC(N[C@@H](c2nc(C)no2)C(C)C)CC1. The van der Waals surface area contributed by atoms with Crippen molar-refractivity contribution in [3.8, 4) is 0 Å². The van der Waals surface area contributed by atoms with Crippen LogP contribution in [0.5, 0.6) is 0 Å². The van der Waals surface area contributed by atoms with E-state index in [1.807, 2.05) is 6.92 Å². The van der Waals surface area contributed by atoms with Crippen molar-refractivity contribution in [1.82, 2.24) is 15.5 Å². The summed E-state index contributed by atoms with van der Waals surface area (Å²) in [6.07, 6.45) is 3.68. The second-order valence-electron chi connectivity index (χ2n) is 6.14. The summed E-state index contributed by atoms with van der Waals surface area (Å²) in [5, 5.41) is 7.49. The van der Waals surface area contributed by atoms with Gasteiger partial charge in [-0.15, -0.1) is 0 Å². The van der Waals surface area contributed by atoms with Gasteiger partial charge in [-0.05, 0) is 38.5 Å².